The Morgan fingerprint density at radius 1 is 1.18 bits per heavy atom. The van der Waals surface area contributed by atoms with E-state index in [1.54, 1.807) is 12.8 Å². The van der Waals surface area contributed by atoms with Gasteiger partial charge in [-0.15, -0.1) is 0 Å². The van der Waals surface area contributed by atoms with Crippen molar-refractivity contribution in [1.82, 2.24) is 0 Å². The molecule has 0 heteroatoms. The van der Waals surface area contributed by atoms with E-state index in [-0.39, 0.29) is 0 Å². The van der Waals surface area contributed by atoms with Crippen LogP contribution in [0, 0.1) is 29.6 Å². The number of rotatable bonds is 3. The smallest absolute Gasteiger partial charge is 0.0349 e. The largest absolute Gasteiger partial charge is 0.0651 e. The molecule has 0 radical (unpaired) electrons. The predicted octanol–water partition coefficient (Wildman–Crippen LogP) is 3.32. The molecule has 0 saturated heterocycles. The van der Waals surface area contributed by atoms with E-state index < -0.39 is 0 Å². The van der Waals surface area contributed by atoms with Crippen LogP contribution in [0.5, 0.6) is 0 Å². The van der Waals surface area contributed by atoms with E-state index in [1.807, 2.05) is 0 Å². The van der Waals surface area contributed by atoms with Gasteiger partial charge in [0.25, 0.3) is 0 Å². The molecule has 0 aliphatic heterocycles. The monoisotopic (exact) mass is 152 g/mol. The Bertz CT molecular complexity index is 148. The lowest BCUT2D eigenvalue weighted by molar-refractivity contribution is 0.477. The van der Waals surface area contributed by atoms with Gasteiger partial charge in [-0.3, -0.25) is 0 Å². The van der Waals surface area contributed by atoms with Crippen LogP contribution in [0.15, 0.2) is 0 Å². The first kappa shape index (κ1) is 7.64. The lowest BCUT2D eigenvalue weighted by Crippen LogP contribution is -1.95. The van der Waals surface area contributed by atoms with Crippen LogP contribution in [0.2, 0.25) is 0 Å². The average molecular weight is 152 g/mol. The van der Waals surface area contributed by atoms with Crippen molar-refractivity contribution in [3.8, 4) is 0 Å². The number of hydrogen-bond acceptors (Lipinski definition) is 0. The molecule has 0 aromatic rings. The summed E-state index contributed by atoms with van der Waals surface area (Å²) in [5.41, 5.74) is 0. The van der Waals surface area contributed by atoms with E-state index in [0.29, 0.717) is 0 Å². The van der Waals surface area contributed by atoms with E-state index in [4.69, 9.17) is 0 Å². The summed E-state index contributed by atoms with van der Waals surface area (Å²) in [5.74, 6) is 5.51. The van der Waals surface area contributed by atoms with Gasteiger partial charge in [0.15, 0.2) is 0 Å². The van der Waals surface area contributed by atoms with Crippen molar-refractivity contribution in [2.75, 3.05) is 0 Å². The van der Waals surface area contributed by atoms with Crippen LogP contribution in [0.1, 0.15) is 40.0 Å². The summed E-state index contributed by atoms with van der Waals surface area (Å²) in [4.78, 5) is 0. The quantitative estimate of drug-likeness (QED) is 0.582. The number of hydrogen-bond donors (Lipinski definition) is 0. The van der Waals surface area contributed by atoms with Crippen LogP contribution >= 0.6 is 0 Å². The van der Waals surface area contributed by atoms with Gasteiger partial charge in [-0.25, -0.2) is 0 Å². The Hall–Kier alpha value is 0. The molecule has 0 nitrogen and oxygen atoms in total. The van der Waals surface area contributed by atoms with Crippen molar-refractivity contribution >= 4 is 0 Å². The van der Waals surface area contributed by atoms with Crippen molar-refractivity contribution in [3.63, 3.8) is 0 Å². The Morgan fingerprint density at radius 3 is 2.27 bits per heavy atom. The summed E-state index contributed by atoms with van der Waals surface area (Å²) >= 11 is 0. The van der Waals surface area contributed by atoms with Gasteiger partial charge in [0.05, 0.1) is 0 Å². The van der Waals surface area contributed by atoms with E-state index in [0.717, 1.165) is 29.6 Å². The van der Waals surface area contributed by atoms with Crippen molar-refractivity contribution in [2.45, 2.75) is 40.0 Å². The molecule has 2 aliphatic rings. The van der Waals surface area contributed by atoms with Gasteiger partial charge in [-0.05, 0) is 42.4 Å². The molecular weight excluding hydrogens is 132 g/mol. The minimum absolute atomic E-state index is 0.957. The van der Waals surface area contributed by atoms with Crippen LogP contribution in [-0.2, 0) is 0 Å². The first-order valence-electron chi connectivity index (χ1n) is 5.24. The van der Waals surface area contributed by atoms with Crippen LogP contribution in [0.4, 0.5) is 0 Å². The van der Waals surface area contributed by atoms with E-state index in [2.05, 4.69) is 20.8 Å². The summed E-state index contributed by atoms with van der Waals surface area (Å²) in [7, 11) is 0. The third-order valence-corrected chi connectivity index (χ3v) is 3.80. The normalized spacial score (nSPS) is 48.0. The Balaban J connectivity index is 1.76. The summed E-state index contributed by atoms with van der Waals surface area (Å²) < 4.78 is 0. The molecule has 0 bridgehead atoms. The highest BCUT2D eigenvalue weighted by molar-refractivity contribution is 5.02. The van der Waals surface area contributed by atoms with Gasteiger partial charge < -0.3 is 0 Å². The lowest BCUT2D eigenvalue weighted by atomic mass is 10.0. The molecule has 2 fully saturated rings. The third kappa shape index (κ3) is 1.32. The van der Waals surface area contributed by atoms with Crippen LogP contribution < -0.4 is 0 Å². The summed E-state index contributed by atoms with van der Waals surface area (Å²) in [6.07, 6.45) is 4.55. The van der Waals surface area contributed by atoms with Crippen LogP contribution in [0.3, 0.4) is 0 Å². The molecular formula is C11H20. The maximum Gasteiger partial charge on any atom is -0.0349 e. The molecule has 0 spiro atoms. The van der Waals surface area contributed by atoms with Crippen LogP contribution in [0.25, 0.3) is 0 Å². The maximum absolute atomic E-state index is 2.38. The second-order valence-electron chi connectivity index (χ2n) is 4.88. The van der Waals surface area contributed by atoms with Gasteiger partial charge in [0.1, 0.15) is 0 Å². The van der Waals surface area contributed by atoms with Crippen LogP contribution in [-0.4, -0.2) is 0 Å². The van der Waals surface area contributed by atoms with Gasteiger partial charge in [-0.2, -0.15) is 0 Å². The highest BCUT2D eigenvalue weighted by atomic mass is 14.6. The zero-order chi connectivity index (χ0) is 8.01. The average Bonchev–Trinajstić information content (AvgIpc) is 2.83. The highest BCUT2D eigenvalue weighted by Gasteiger charge is 2.53. The molecule has 4 unspecified atom stereocenters. The molecule has 11 heavy (non-hydrogen) atoms. The first-order valence-corrected chi connectivity index (χ1v) is 5.24. The Morgan fingerprint density at radius 2 is 1.91 bits per heavy atom. The second kappa shape index (κ2) is 2.50. The molecule has 0 amide bonds. The minimum Gasteiger partial charge on any atom is -0.0651 e. The fourth-order valence-corrected chi connectivity index (χ4v) is 2.76. The van der Waals surface area contributed by atoms with Crippen molar-refractivity contribution < 1.29 is 0 Å². The standard InChI is InChI=1S/C11H20/c1-4-8-5-10(8)11-6-9(11)7(2)3/h7-11H,4-6H2,1-3H3. The SMILES string of the molecule is CCC1CC1C1CC1C(C)C. The van der Waals surface area contributed by atoms with Crippen molar-refractivity contribution in [2.24, 2.45) is 29.6 Å². The molecule has 2 aliphatic carbocycles. The maximum atomic E-state index is 2.38. The summed E-state index contributed by atoms with van der Waals surface area (Å²) in [5, 5.41) is 0. The van der Waals surface area contributed by atoms with Gasteiger partial charge in [-0.1, -0.05) is 27.2 Å². The zero-order valence-corrected chi connectivity index (χ0v) is 8.01. The second-order valence-corrected chi connectivity index (χ2v) is 4.88. The zero-order valence-electron chi connectivity index (χ0n) is 8.01. The van der Waals surface area contributed by atoms with E-state index in [1.165, 1.54) is 6.42 Å². The van der Waals surface area contributed by atoms with Crippen molar-refractivity contribution in [1.29, 1.82) is 0 Å². The van der Waals surface area contributed by atoms with E-state index in [9.17, 15) is 0 Å². The van der Waals surface area contributed by atoms with Gasteiger partial charge >= 0.3 is 0 Å². The lowest BCUT2D eigenvalue weighted by Gasteiger charge is -2.01. The highest BCUT2D eigenvalue weighted by Crippen LogP contribution is 2.60. The molecule has 2 saturated carbocycles. The van der Waals surface area contributed by atoms with Crippen molar-refractivity contribution in [3.05, 3.63) is 0 Å². The predicted molar refractivity (Wildman–Crippen MR) is 48.3 cm³/mol. The Labute approximate surface area is 70.4 Å². The fourth-order valence-electron chi connectivity index (χ4n) is 2.76. The molecule has 4 atom stereocenters. The molecule has 0 heterocycles. The molecule has 0 aromatic carbocycles. The van der Waals surface area contributed by atoms with Gasteiger partial charge in [0.2, 0.25) is 0 Å². The summed E-state index contributed by atoms with van der Waals surface area (Å²) in [6, 6.07) is 0. The third-order valence-electron chi connectivity index (χ3n) is 3.80. The van der Waals surface area contributed by atoms with E-state index >= 15 is 0 Å². The first-order chi connectivity index (χ1) is 5.24. The molecule has 2 rings (SSSR count). The topological polar surface area (TPSA) is 0 Å². The molecule has 0 N–H and O–H groups in total. The van der Waals surface area contributed by atoms with Gasteiger partial charge in [0, 0.05) is 0 Å². The fraction of sp³-hybridized carbons (Fsp3) is 1.00. The molecule has 64 valence electrons. The summed E-state index contributed by atoms with van der Waals surface area (Å²) in [6.45, 7) is 7.11. The molecule has 0 aromatic heterocycles. The Kier molecular flexibility index (Phi) is 1.74. The minimum atomic E-state index is 0.957.